The number of nitrogens with zero attached hydrogens (tertiary/aromatic N) is 1. The van der Waals surface area contributed by atoms with Crippen molar-refractivity contribution < 1.29 is 4.84 Å². The highest BCUT2D eigenvalue weighted by Gasteiger charge is 2.34. The molecule has 1 saturated heterocycles. The minimum absolute atomic E-state index is 0.403. The Hall–Kier alpha value is -0.0800. The second-order valence-electron chi connectivity index (χ2n) is 2.29. The molecule has 2 nitrogen and oxygen atoms in total. The van der Waals surface area contributed by atoms with Crippen LogP contribution in [0.25, 0.3) is 0 Å². The molecule has 0 aliphatic carbocycles. The first-order valence-corrected chi connectivity index (χ1v) is 2.61. The van der Waals surface area contributed by atoms with E-state index < -0.39 is 0 Å². The van der Waals surface area contributed by atoms with Gasteiger partial charge in [-0.05, 0) is 5.92 Å². The van der Waals surface area contributed by atoms with E-state index in [0.717, 1.165) is 0 Å². The Morgan fingerprint density at radius 2 is 2.00 bits per heavy atom. The molecule has 1 aliphatic rings. The maximum absolute atomic E-state index is 5.01. The van der Waals surface area contributed by atoms with Crippen LogP contribution in [0, 0.1) is 5.92 Å². The highest BCUT2D eigenvalue weighted by molar-refractivity contribution is 4.64. The molecule has 0 aromatic heterocycles. The summed E-state index contributed by atoms with van der Waals surface area (Å²) in [4.78, 5) is 5.01. The van der Waals surface area contributed by atoms with Crippen molar-refractivity contribution in [3.05, 3.63) is 0 Å². The van der Waals surface area contributed by atoms with Gasteiger partial charge in [0.25, 0.3) is 0 Å². The van der Waals surface area contributed by atoms with Gasteiger partial charge in [-0.2, -0.15) is 5.06 Å². The van der Waals surface area contributed by atoms with Crippen LogP contribution in [0.5, 0.6) is 0 Å². The first-order chi connectivity index (χ1) is 3.22. The largest absolute Gasteiger partial charge is 0.275 e. The van der Waals surface area contributed by atoms with Crippen molar-refractivity contribution in [3.8, 4) is 0 Å². The van der Waals surface area contributed by atoms with Crippen molar-refractivity contribution in [3.63, 3.8) is 0 Å². The summed E-state index contributed by atoms with van der Waals surface area (Å²) in [5.74, 6) is 0.644. The lowest BCUT2D eigenvalue weighted by molar-refractivity contribution is 0.228. The van der Waals surface area contributed by atoms with Crippen LogP contribution in [0.1, 0.15) is 13.8 Å². The molecular weight excluding hydrogens is 90.1 g/mol. The van der Waals surface area contributed by atoms with Gasteiger partial charge in [-0.3, -0.25) is 4.84 Å². The molecule has 2 unspecified atom stereocenters. The highest BCUT2D eigenvalue weighted by Crippen LogP contribution is 2.23. The molecule has 0 bridgehead atoms. The lowest BCUT2D eigenvalue weighted by Gasteiger charge is -1.91. The molecule has 7 heavy (non-hydrogen) atoms. The summed E-state index contributed by atoms with van der Waals surface area (Å²) < 4.78 is 0. The average molecular weight is 101 g/mol. The number of rotatable bonds is 1. The first-order valence-electron chi connectivity index (χ1n) is 2.61. The highest BCUT2D eigenvalue weighted by atomic mass is 16.8. The van der Waals surface area contributed by atoms with Crippen molar-refractivity contribution in [1.29, 1.82) is 0 Å². The molecular formula is C5H11NO. The molecule has 0 radical (unpaired) electrons. The SMILES string of the molecule is CC(C)C1ON1C. The molecule has 1 heterocycles. The zero-order valence-corrected chi connectivity index (χ0v) is 5.01. The summed E-state index contributed by atoms with van der Waals surface area (Å²) in [5, 5.41) is 1.87. The Kier molecular flexibility index (Phi) is 1.05. The smallest absolute Gasteiger partial charge is 0.156 e. The van der Waals surface area contributed by atoms with E-state index in [0.29, 0.717) is 12.1 Å². The third-order valence-electron chi connectivity index (χ3n) is 1.16. The third-order valence-corrected chi connectivity index (χ3v) is 1.16. The van der Waals surface area contributed by atoms with Gasteiger partial charge in [-0.1, -0.05) is 13.8 Å². The third kappa shape index (κ3) is 0.924. The van der Waals surface area contributed by atoms with Crippen molar-refractivity contribution in [2.24, 2.45) is 5.92 Å². The molecule has 1 aliphatic heterocycles. The van der Waals surface area contributed by atoms with Crippen molar-refractivity contribution in [2.45, 2.75) is 20.1 Å². The summed E-state index contributed by atoms with van der Waals surface area (Å²) in [6.45, 7) is 4.29. The lowest BCUT2D eigenvalue weighted by atomic mass is 10.2. The number of hydrogen-bond donors (Lipinski definition) is 0. The van der Waals surface area contributed by atoms with Crippen LogP contribution in [0.3, 0.4) is 0 Å². The Balaban J connectivity index is 2.20. The summed E-state index contributed by atoms with van der Waals surface area (Å²) in [6, 6.07) is 0. The summed E-state index contributed by atoms with van der Waals surface area (Å²) in [7, 11) is 1.95. The normalized spacial score (nSPS) is 39.4. The number of hydroxylamine groups is 2. The van der Waals surface area contributed by atoms with Crippen molar-refractivity contribution in [1.82, 2.24) is 5.06 Å². The van der Waals surface area contributed by atoms with E-state index in [4.69, 9.17) is 4.84 Å². The summed E-state index contributed by atoms with van der Waals surface area (Å²) >= 11 is 0. The van der Waals surface area contributed by atoms with E-state index in [1.807, 2.05) is 12.1 Å². The summed E-state index contributed by atoms with van der Waals surface area (Å²) in [6.07, 6.45) is 0.403. The van der Waals surface area contributed by atoms with Crippen LogP contribution >= 0.6 is 0 Å². The average Bonchev–Trinajstić information content (AvgIpc) is 2.17. The molecule has 1 fully saturated rings. The molecule has 2 heteroatoms. The van der Waals surface area contributed by atoms with E-state index in [2.05, 4.69) is 13.8 Å². The Labute approximate surface area is 44.0 Å². The standard InChI is InChI=1S/C5H11NO/c1-4(2)5-6(3)7-5/h4-5H,1-3H3. The molecule has 1 rings (SSSR count). The fourth-order valence-electron chi connectivity index (χ4n) is 0.685. The predicted octanol–water partition coefficient (Wildman–Crippen LogP) is 0.846. The molecule has 0 N–H and O–H groups in total. The zero-order chi connectivity index (χ0) is 5.44. The molecule has 0 saturated carbocycles. The van der Waals surface area contributed by atoms with E-state index in [9.17, 15) is 0 Å². The zero-order valence-electron chi connectivity index (χ0n) is 5.01. The van der Waals surface area contributed by atoms with E-state index in [1.165, 1.54) is 0 Å². The van der Waals surface area contributed by atoms with Gasteiger partial charge in [0.05, 0.1) is 0 Å². The van der Waals surface area contributed by atoms with E-state index in [1.54, 1.807) is 0 Å². The topological polar surface area (TPSA) is 15.5 Å². The molecule has 2 atom stereocenters. The van der Waals surface area contributed by atoms with E-state index >= 15 is 0 Å². The van der Waals surface area contributed by atoms with Gasteiger partial charge in [0.15, 0.2) is 6.23 Å². The quantitative estimate of drug-likeness (QED) is 0.455. The van der Waals surface area contributed by atoms with Gasteiger partial charge in [-0.15, -0.1) is 0 Å². The van der Waals surface area contributed by atoms with Crippen LogP contribution in [0.4, 0.5) is 0 Å². The Morgan fingerprint density at radius 1 is 1.57 bits per heavy atom. The van der Waals surface area contributed by atoms with Gasteiger partial charge in [0, 0.05) is 7.05 Å². The minimum atomic E-state index is 0.403. The summed E-state index contributed by atoms with van der Waals surface area (Å²) in [5.41, 5.74) is 0. The molecule has 0 spiro atoms. The van der Waals surface area contributed by atoms with Gasteiger partial charge < -0.3 is 0 Å². The van der Waals surface area contributed by atoms with Crippen LogP contribution in [0.15, 0.2) is 0 Å². The fraction of sp³-hybridized carbons (Fsp3) is 1.00. The van der Waals surface area contributed by atoms with Gasteiger partial charge >= 0.3 is 0 Å². The lowest BCUT2D eigenvalue weighted by Crippen LogP contribution is -2.01. The maximum atomic E-state index is 5.01. The fourth-order valence-corrected chi connectivity index (χ4v) is 0.685. The van der Waals surface area contributed by atoms with Crippen LogP contribution in [0.2, 0.25) is 0 Å². The second kappa shape index (κ2) is 1.46. The van der Waals surface area contributed by atoms with Crippen LogP contribution in [-0.2, 0) is 4.84 Å². The molecule has 0 aromatic carbocycles. The first kappa shape index (κ1) is 5.06. The van der Waals surface area contributed by atoms with E-state index in [-0.39, 0.29) is 0 Å². The van der Waals surface area contributed by atoms with Crippen molar-refractivity contribution >= 4 is 0 Å². The molecule has 42 valence electrons. The molecule has 0 aromatic rings. The minimum Gasteiger partial charge on any atom is -0.275 e. The van der Waals surface area contributed by atoms with Gasteiger partial charge in [0.2, 0.25) is 0 Å². The van der Waals surface area contributed by atoms with Crippen LogP contribution in [-0.4, -0.2) is 18.3 Å². The van der Waals surface area contributed by atoms with Crippen LogP contribution < -0.4 is 0 Å². The second-order valence-corrected chi connectivity index (χ2v) is 2.29. The van der Waals surface area contributed by atoms with Gasteiger partial charge in [0.1, 0.15) is 0 Å². The molecule has 0 amide bonds. The van der Waals surface area contributed by atoms with Crippen molar-refractivity contribution in [2.75, 3.05) is 7.05 Å². The maximum Gasteiger partial charge on any atom is 0.156 e. The van der Waals surface area contributed by atoms with Gasteiger partial charge in [-0.25, -0.2) is 0 Å². The Morgan fingerprint density at radius 3 is 2.00 bits per heavy atom. The predicted molar refractivity (Wildman–Crippen MR) is 27.5 cm³/mol. The number of hydrogen-bond acceptors (Lipinski definition) is 2. The monoisotopic (exact) mass is 101 g/mol. The Bertz CT molecular complexity index is 72.5.